The molecule has 20 heavy (non-hydrogen) atoms. The number of nitrogens with zero attached hydrogens (tertiary/aromatic N) is 1. The molecule has 1 saturated heterocycles. The molecule has 1 aromatic carbocycles. The van der Waals surface area contributed by atoms with Crippen molar-refractivity contribution >= 4 is 0 Å². The number of likely N-dealkylation sites (tertiary alicyclic amines) is 1. The number of hydrogen-bond acceptors (Lipinski definition) is 2. The van der Waals surface area contributed by atoms with Gasteiger partial charge in [0.2, 0.25) is 0 Å². The SMILES string of the molecule is CN1CC[C@]23CCCC[C@@H]2[C@@H](Cc2ccc(O)cc23)C1. The van der Waals surface area contributed by atoms with Crippen molar-refractivity contribution in [2.45, 2.75) is 43.9 Å². The maximum atomic E-state index is 9.98. The number of phenolic OH excluding ortho intramolecular Hbond substituents is 1. The van der Waals surface area contributed by atoms with E-state index < -0.39 is 0 Å². The van der Waals surface area contributed by atoms with Gasteiger partial charge in [0.25, 0.3) is 0 Å². The lowest BCUT2D eigenvalue weighted by Gasteiger charge is -2.51. The Morgan fingerprint density at radius 2 is 2.15 bits per heavy atom. The van der Waals surface area contributed by atoms with E-state index in [1.807, 2.05) is 6.07 Å². The Labute approximate surface area is 121 Å². The Hall–Kier alpha value is -1.02. The van der Waals surface area contributed by atoms with Crippen LogP contribution >= 0.6 is 0 Å². The molecule has 2 heteroatoms. The first-order valence-electron chi connectivity index (χ1n) is 8.20. The molecular weight excluding hydrogens is 246 g/mol. The molecule has 0 radical (unpaired) electrons. The van der Waals surface area contributed by atoms with Gasteiger partial charge in [-0.15, -0.1) is 0 Å². The van der Waals surface area contributed by atoms with Crippen LogP contribution in [0, 0.1) is 11.8 Å². The van der Waals surface area contributed by atoms with Crippen LogP contribution in [0.2, 0.25) is 0 Å². The quantitative estimate of drug-likeness (QED) is 0.782. The van der Waals surface area contributed by atoms with Gasteiger partial charge in [0, 0.05) is 12.0 Å². The summed E-state index contributed by atoms with van der Waals surface area (Å²) in [5.74, 6) is 2.12. The van der Waals surface area contributed by atoms with Crippen LogP contribution < -0.4 is 0 Å². The Balaban J connectivity index is 1.89. The predicted octanol–water partition coefficient (Wildman–Crippen LogP) is 3.33. The van der Waals surface area contributed by atoms with Crippen LogP contribution in [0.15, 0.2) is 18.2 Å². The fourth-order valence-corrected chi connectivity index (χ4v) is 5.44. The van der Waals surface area contributed by atoms with Crippen molar-refractivity contribution in [3.8, 4) is 5.75 Å². The topological polar surface area (TPSA) is 23.5 Å². The van der Waals surface area contributed by atoms with Gasteiger partial charge < -0.3 is 10.0 Å². The molecular formula is C18H25NO. The standard InChI is InChI=1S/C18H25NO/c1-19-9-8-18-7-3-2-4-16(18)14(12-19)10-13-5-6-15(20)11-17(13)18/h5-6,11,14,16,20H,2-4,7-10,12H2,1H3/t14-,16+,18+/m0/s1. The Kier molecular flexibility index (Phi) is 2.85. The molecule has 4 rings (SSSR count). The fourth-order valence-electron chi connectivity index (χ4n) is 5.44. The smallest absolute Gasteiger partial charge is 0.115 e. The van der Waals surface area contributed by atoms with Crippen molar-refractivity contribution < 1.29 is 5.11 Å². The van der Waals surface area contributed by atoms with Crippen LogP contribution in [0.4, 0.5) is 0 Å². The normalized spacial score (nSPS) is 36.9. The molecule has 1 saturated carbocycles. The van der Waals surface area contributed by atoms with E-state index in [2.05, 4.69) is 24.1 Å². The zero-order valence-corrected chi connectivity index (χ0v) is 12.4. The summed E-state index contributed by atoms with van der Waals surface area (Å²) in [5.41, 5.74) is 3.37. The largest absolute Gasteiger partial charge is 0.508 e. The maximum Gasteiger partial charge on any atom is 0.115 e. The minimum atomic E-state index is 0.361. The molecule has 0 spiro atoms. The molecule has 1 heterocycles. The summed E-state index contributed by atoms with van der Waals surface area (Å²) >= 11 is 0. The van der Waals surface area contributed by atoms with Crippen LogP contribution in [0.1, 0.15) is 43.2 Å². The van der Waals surface area contributed by atoms with Gasteiger partial charge in [0.15, 0.2) is 0 Å². The number of benzene rings is 1. The highest BCUT2D eigenvalue weighted by Crippen LogP contribution is 2.55. The summed E-state index contributed by atoms with van der Waals surface area (Å²) in [4.78, 5) is 2.54. The summed E-state index contributed by atoms with van der Waals surface area (Å²) in [6.45, 7) is 2.47. The summed E-state index contributed by atoms with van der Waals surface area (Å²) < 4.78 is 0. The predicted molar refractivity (Wildman–Crippen MR) is 81.1 cm³/mol. The van der Waals surface area contributed by atoms with Gasteiger partial charge in [-0.3, -0.25) is 0 Å². The number of phenols is 1. The molecule has 0 unspecified atom stereocenters. The van der Waals surface area contributed by atoms with Gasteiger partial charge in [-0.2, -0.15) is 0 Å². The molecule has 2 aliphatic carbocycles. The summed E-state index contributed by atoms with van der Waals surface area (Å²) in [6.07, 6.45) is 7.99. The lowest BCUT2D eigenvalue weighted by atomic mass is 9.53. The molecule has 1 aromatic rings. The zero-order valence-electron chi connectivity index (χ0n) is 12.4. The second kappa shape index (κ2) is 4.49. The molecule has 2 bridgehead atoms. The van der Waals surface area contributed by atoms with E-state index in [0.29, 0.717) is 11.2 Å². The minimum Gasteiger partial charge on any atom is -0.508 e. The second-order valence-electron chi connectivity index (χ2n) is 7.33. The molecule has 3 aliphatic rings. The molecule has 2 nitrogen and oxygen atoms in total. The first kappa shape index (κ1) is 12.7. The van der Waals surface area contributed by atoms with E-state index in [4.69, 9.17) is 0 Å². The Morgan fingerprint density at radius 3 is 3.05 bits per heavy atom. The third kappa shape index (κ3) is 1.74. The van der Waals surface area contributed by atoms with Crippen LogP contribution in [0.3, 0.4) is 0 Å². The highest BCUT2D eigenvalue weighted by Gasteiger charge is 2.50. The minimum absolute atomic E-state index is 0.361. The Bertz CT molecular complexity index is 526. The Morgan fingerprint density at radius 1 is 1.25 bits per heavy atom. The molecule has 2 fully saturated rings. The zero-order chi connectivity index (χ0) is 13.7. The van der Waals surface area contributed by atoms with E-state index in [9.17, 15) is 5.11 Å². The van der Waals surface area contributed by atoms with Gasteiger partial charge in [0.05, 0.1) is 0 Å². The average Bonchev–Trinajstić information content (AvgIpc) is 2.56. The third-order valence-corrected chi connectivity index (χ3v) is 6.26. The lowest BCUT2D eigenvalue weighted by Crippen LogP contribution is -2.46. The van der Waals surface area contributed by atoms with Crippen LogP contribution in [0.25, 0.3) is 0 Å². The maximum absolute atomic E-state index is 9.98. The van der Waals surface area contributed by atoms with E-state index in [1.54, 1.807) is 0 Å². The van der Waals surface area contributed by atoms with Crippen molar-refractivity contribution in [3.63, 3.8) is 0 Å². The molecule has 108 valence electrons. The van der Waals surface area contributed by atoms with Crippen molar-refractivity contribution in [2.24, 2.45) is 11.8 Å². The number of rotatable bonds is 0. The van der Waals surface area contributed by atoms with Crippen LogP contribution in [-0.2, 0) is 11.8 Å². The van der Waals surface area contributed by atoms with E-state index >= 15 is 0 Å². The highest BCUT2D eigenvalue weighted by atomic mass is 16.3. The van der Waals surface area contributed by atoms with Crippen molar-refractivity contribution in [1.29, 1.82) is 0 Å². The van der Waals surface area contributed by atoms with Gasteiger partial charge in [-0.1, -0.05) is 18.9 Å². The third-order valence-electron chi connectivity index (χ3n) is 6.26. The van der Waals surface area contributed by atoms with Gasteiger partial charge in [-0.05, 0) is 74.4 Å². The lowest BCUT2D eigenvalue weighted by molar-refractivity contribution is 0.110. The summed E-state index contributed by atoms with van der Waals surface area (Å²) in [5, 5.41) is 9.98. The number of fused-ring (bicyclic) bond motifs is 1. The van der Waals surface area contributed by atoms with Crippen LogP contribution in [-0.4, -0.2) is 30.1 Å². The molecule has 0 amide bonds. The monoisotopic (exact) mass is 271 g/mol. The van der Waals surface area contributed by atoms with Gasteiger partial charge in [-0.25, -0.2) is 0 Å². The fraction of sp³-hybridized carbons (Fsp3) is 0.667. The molecule has 1 N–H and O–H groups in total. The number of aromatic hydroxyl groups is 1. The van der Waals surface area contributed by atoms with Crippen molar-refractivity contribution in [2.75, 3.05) is 20.1 Å². The average molecular weight is 271 g/mol. The van der Waals surface area contributed by atoms with E-state index in [0.717, 1.165) is 11.8 Å². The molecule has 3 atom stereocenters. The van der Waals surface area contributed by atoms with Crippen LogP contribution in [0.5, 0.6) is 5.75 Å². The molecule has 1 aliphatic heterocycles. The van der Waals surface area contributed by atoms with Crippen molar-refractivity contribution in [3.05, 3.63) is 29.3 Å². The van der Waals surface area contributed by atoms with E-state index in [1.165, 1.54) is 62.7 Å². The summed E-state index contributed by atoms with van der Waals surface area (Å²) in [6, 6.07) is 6.17. The second-order valence-corrected chi connectivity index (χ2v) is 7.33. The van der Waals surface area contributed by atoms with E-state index in [-0.39, 0.29) is 0 Å². The first-order chi connectivity index (χ1) is 9.69. The first-order valence-corrected chi connectivity index (χ1v) is 8.20. The van der Waals surface area contributed by atoms with Gasteiger partial charge in [0.1, 0.15) is 5.75 Å². The van der Waals surface area contributed by atoms with Gasteiger partial charge >= 0.3 is 0 Å². The van der Waals surface area contributed by atoms with Crippen molar-refractivity contribution in [1.82, 2.24) is 4.90 Å². The molecule has 0 aromatic heterocycles. The highest BCUT2D eigenvalue weighted by molar-refractivity contribution is 5.44. The summed E-state index contributed by atoms with van der Waals surface area (Å²) in [7, 11) is 2.28. The number of hydrogen-bond donors (Lipinski definition) is 1.